The molecule has 4 rings (SSSR count). The Morgan fingerprint density at radius 2 is 1.82 bits per heavy atom. The molecule has 4 nitrogen and oxygen atoms in total. The predicted octanol–water partition coefficient (Wildman–Crippen LogP) is 4.67. The van der Waals surface area contributed by atoms with Gasteiger partial charge in [-0.2, -0.15) is 0 Å². The SMILES string of the molecule is CC(C)(C)c1ccc(CN2CCc3nc(C4CCCCC4)[nH]c(=O)c3C2)cc1. The molecule has 1 N–H and O–H groups in total. The van der Waals surface area contributed by atoms with Crippen LogP contribution in [0.25, 0.3) is 0 Å². The number of nitrogens with zero attached hydrogens (tertiary/aromatic N) is 2. The third-order valence-electron chi connectivity index (χ3n) is 6.38. The third-order valence-corrected chi connectivity index (χ3v) is 6.38. The predicted molar refractivity (Wildman–Crippen MR) is 114 cm³/mol. The van der Waals surface area contributed by atoms with Gasteiger partial charge in [-0.15, -0.1) is 0 Å². The lowest BCUT2D eigenvalue weighted by atomic mass is 9.86. The lowest BCUT2D eigenvalue weighted by Gasteiger charge is -2.29. The molecule has 1 aromatic heterocycles. The van der Waals surface area contributed by atoms with E-state index >= 15 is 0 Å². The van der Waals surface area contributed by atoms with Crippen molar-refractivity contribution in [2.75, 3.05) is 6.54 Å². The molecule has 0 radical (unpaired) electrons. The van der Waals surface area contributed by atoms with Gasteiger partial charge < -0.3 is 4.98 Å². The second kappa shape index (κ2) is 7.82. The van der Waals surface area contributed by atoms with Crippen molar-refractivity contribution in [2.24, 2.45) is 0 Å². The van der Waals surface area contributed by atoms with E-state index in [9.17, 15) is 4.79 Å². The summed E-state index contributed by atoms with van der Waals surface area (Å²) in [6.07, 6.45) is 7.04. The van der Waals surface area contributed by atoms with Crippen LogP contribution in [0.2, 0.25) is 0 Å². The largest absolute Gasteiger partial charge is 0.310 e. The van der Waals surface area contributed by atoms with Crippen LogP contribution in [0.3, 0.4) is 0 Å². The maximum Gasteiger partial charge on any atom is 0.255 e. The van der Waals surface area contributed by atoms with Gasteiger partial charge in [0.2, 0.25) is 0 Å². The quantitative estimate of drug-likeness (QED) is 0.843. The average molecular weight is 380 g/mol. The number of fused-ring (bicyclic) bond motifs is 1. The van der Waals surface area contributed by atoms with E-state index in [-0.39, 0.29) is 11.0 Å². The highest BCUT2D eigenvalue weighted by molar-refractivity contribution is 5.28. The number of nitrogens with one attached hydrogen (secondary N) is 1. The van der Waals surface area contributed by atoms with Crippen LogP contribution in [0.4, 0.5) is 0 Å². The van der Waals surface area contributed by atoms with Gasteiger partial charge in [0.05, 0.1) is 11.3 Å². The van der Waals surface area contributed by atoms with Crippen LogP contribution in [0.5, 0.6) is 0 Å². The van der Waals surface area contributed by atoms with Crippen LogP contribution < -0.4 is 5.56 Å². The molecule has 1 saturated carbocycles. The van der Waals surface area contributed by atoms with Crippen molar-refractivity contribution in [1.82, 2.24) is 14.9 Å². The normalized spacial score (nSPS) is 18.8. The Hall–Kier alpha value is -1.94. The van der Waals surface area contributed by atoms with Crippen molar-refractivity contribution in [3.05, 3.63) is 62.8 Å². The number of hydrogen-bond acceptors (Lipinski definition) is 3. The first-order valence-electron chi connectivity index (χ1n) is 10.8. The van der Waals surface area contributed by atoms with Crippen molar-refractivity contribution in [3.8, 4) is 0 Å². The lowest BCUT2D eigenvalue weighted by molar-refractivity contribution is 0.241. The van der Waals surface area contributed by atoms with E-state index < -0.39 is 0 Å². The first-order valence-corrected chi connectivity index (χ1v) is 10.8. The summed E-state index contributed by atoms with van der Waals surface area (Å²) in [6, 6.07) is 8.92. The number of H-pyrrole nitrogens is 1. The van der Waals surface area contributed by atoms with Gasteiger partial charge in [0.25, 0.3) is 5.56 Å². The molecule has 2 aromatic rings. The van der Waals surface area contributed by atoms with E-state index in [2.05, 4.69) is 54.9 Å². The number of hydrogen-bond donors (Lipinski definition) is 1. The zero-order valence-corrected chi connectivity index (χ0v) is 17.6. The van der Waals surface area contributed by atoms with Gasteiger partial charge in [0.1, 0.15) is 5.82 Å². The first-order chi connectivity index (χ1) is 13.4. The number of aromatic amines is 1. The van der Waals surface area contributed by atoms with Crippen molar-refractivity contribution in [3.63, 3.8) is 0 Å². The van der Waals surface area contributed by atoms with Gasteiger partial charge in [-0.05, 0) is 29.4 Å². The van der Waals surface area contributed by atoms with Crippen molar-refractivity contribution >= 4 is 0 Å². The van der Waals surface area contributed by atoms with Crippen LogP contribution in [-0.2, 0) is 24.9 Å². The molecule has 1 aliphatic heterocycles. The molecule has 2 heterocycles. The fraction of sp³-hybridized carbons (Fsp3) is 0.583. The fourth-order valence-corrected chi connectivity index (χ4v) is 4.57. The van der Waals surface area contributed by atoms with Gasteiger partial charge in [-0.1, -0.05) is 64.3 Å². The Balaban J connectivity index is 1.46. The molecule has 0 saturated heterocycles. The summed E-state index contributed by atoms with van der Waals surface area (Å²) in [5.41, 5.74) is 4.83. The standard InChI is InChI=1S/C24H33N3O/c1-24(2,3)19-11-9-17(10-12-19)15-27-14-13-21-20(16-27)23(28)26-22(25-21)18-7-5-4-6-8-18/h9-12,18H,4-8,13-16H2,1-3H3,(H,25,26,28). The highest BCUT2D eigenvalue weighted by Crippen LogP contribution is 2.31. The Morgan fingerprint density at radius 1 is 1.11 bits per heavy atom. The Bertz CT molecular complexity index is 870. The number of benzene rings is 1. The van der Waals surface area contributed by atoms with Crippen LogP contribution >= 0.6 is 0 Å². The lowest BCUT2D eigenvalue weighted by Crippen LogP contribution is -2.36. The van der Waals surface area contributed by atoms with Gasteiger partial charge in [-0.3, -0.25) is 9.69 Å². The zero-order chi connectivity index (χ0) is 19.7. The molecular formula is C24H33N3O. The van der Waals surface area contributed by atoms with E-state index in [1.54, 1.807) is 0 Å². The molecule has 2 aliphatic rings. The van der Waals surface area contributed by atoms with E-state index in [0.29, 0.717) is 12.5 Å². The minimum absolute atomic E-state index is 0.0818. The molecular weight excluding hydrogens is 346 g/mol. The van der Waals surface area contributed by atoms with Crippen molar-refractivity contribution in [2.45, 2.75) is 83.7 Å². The molecule has 0 atom stereocenters. The smallest absolute Gasteiger partial charge is 0.255 e. The van der Waals surface area contributed by atoms with Gasteiger partial charge in [0.15, 0.2) is 0 Å². The summed E-state index contributed by atoms with van der Waals surface area (Å²) in [5, 5.41) is 0. The number of rotatable bonds is 3. The van der Waals surface area contributed by atoms with Crippen LogP contribution in [0.15, 0.2) is 29.1 Å². The summed E-state index contributed by atoms with van der Waals surface area (Å²) in [4.78, 5) is 23.1. The van der Waals surface area contributed by atoms with Gasteiger partial charge in [0, 0.05) is 32.0 Å². The minimum atomic E-state index is 0.0818. The third kappa shape index (κ3) is 4.22. The molecule has 0 bridgehead atoms. The Kier molecular flexibility index (Phi) is 5.42. The maximum atomic E-state index is 12.8. The second-order valence-electron chi connectivity index (χ2n) is 9.62. The molecule has 1 aromatic carbocycles. The van der Waals surface area contributed by atoms with Crippen LogP contribution in [0.1, 0.15) is 87.0 Å². The average Bonchev–Trinajstić information content (AvgIpc) is 2.69. The minimum Gasteiger partial charge on any atom is -0.310 e. The molecule has 0 spiro atoms. The van der Waals surface area contributed by atoms with E-state index in [4.69, 9.17) is 4.98 Å². The summed E-state index contributed by atoms with van der Waals surface area (Å²) in [5.74, 6) is 1.39. The highest BCUT2D eigenvalue weighted by atomic mass is 16.1. The maximum absolute atomic E-state index is 12.8. The van der Waals surface area contributed by atoms with E-state index in [1.807, 2.05) is 0 Å². The number of aromatic nitrogens is 2. The molecule has 4 heteroatoms. The van der Waals surface area contributed by atoms with E-state index in [0.717, 1.165) is 36.6 Å². The molecule has 1 fully saturated rings. The topological polar surface area (TPSA) is 49.0 Å². The second-order valence-corrected chi connectivity index (χ2v) is 9.62. The van der Waals surface area contributed by atoms with E-state index in [1.165, 1.54) is 43.2 Å². The Labute approximate surface area is 168 Å². The van der Waals surface area contributed by atoms with Gasteiger partial charge >= 0.3 is 0 Å². The zero-order valence-electron chi connectivity index (χ0n) is 17.6. The summed E-state index contributed by atoms with van der Waals surface area (Å²) < 4.78 is 0. The highest BCUT2D eigenvalue weighted by Gasteiger charge is 2.24. The van der Waals surface area contributed by atoms with Crippen molar-refractivity contribution in [1.29, 1.82) is 0 Å². The van der Waals surface area contributed by atoms with Crippen LogP contribution in [0, 0.1) is 0 Å². The summed E-state index contributed by atoms with van der Waals surface area (Å²) >= 11 is 0. The molecule has 0 amide bonds. The first kappa shape index (κ1) is 19.4. The Morgan fingerprint density at radius 3 is 2.50 bits per heavy atom. The summed E-state index contributed by atoms with van der Waals surface area (Å²) in [6.45, 7) is 9.27. The summed E-state index contributed by atoms with van der Waals surface area (Å²) in [7, 11) is 0. The van der Waals surface area contributed by atoms with Crippen molar-refractivity contribution < 1.29 is 0 Å². The monoisotopic (exact) mass is 379 g/mol. The molecule has 28 heavy (non-hydrogen) atoms. The molecule has 150 valence electrons. The van der Waals surface area contributed by atoms with Crippen LogP contribution in [-0.4, -0.2) is 21.4 Å². The fourth-order valence-electron chi connectivity index (χ4n) is 4.57. The van der Waals surface area contributed by atoms with Gasteiger partial charge in [-0.25, -0.2) is 4.98 Å². The molecule has 1 aliphatic carbocycles. The molecule has 0 unspecified atom stereocenters.